The zero-order chi connectivity index (χ0) is 19.3. The molecule has 142 valence electrons. The lowest BCUT2D eigenvalue weighted by atomic mass is 9.85. The van der Waals surface area contributed by atoms with Gasteiger partial charge in [-0.2, -0.15) is 0 Å². The molecular formula is C20H32O4S. The Labute approximate surface area is 152 Å². The standard InChI is InChI=1S/C20H32O4S/c1-15(12-16(2)25(6,22)23)18(13-19(21)20(3,4)5)24-14-17-10-8-7-9-11-17/h7-12,16,18-19,21H,13-14H2,1-6H3/b15-12+/t16-,18-,19-/m0/s1. The number of aliphatic hydroxyl groups is 1. The molecule has 0 aliphatic rings. The highest BCUT2D eigenvalue weighted by atomic mass is 32.2. The molecule has 0 saturated carbocycles. The van der Waals surface area contributed by atoms with Gasteiger partial charge in [0.1, 0.15) is 0 Å². The van der Waals surface area contributed by atoms with E-state index in [9.17, 15) is 13.5 Å². The lowest BCUT2D eigenvalue weighted by molar-refractivity contribution is -0.0123. The minimum absolute atomic E-state index is 0.267. The van der Waals surface area contributed by atoms with E-state index in [0.717, 1.165) is 11.1 Å². The smallest absolute Gasteiger partial charge is 0.153 e. The highest BCUT2D eigenvalue weighted by Crippen LogP contribution is 2.26. The number of benzene rings is 1. The van der Waals surface area contributed by atoms with Crippen molar-refractivity contribution in [2.45, 2.75) is 65.1 Å². The van der Waals surface area contributed by atoms with Crippen LogP contribution in [0.3, 0.4) is 0 Å². The van der Waals surface area contributed by atoms with Crippen molar-refractivity contribution in [3.63, 3.8) is 0 Å². The largest absolute Gasteiger partial charge is 0.392 e. The van der Waals surface area contributed by atoms with E-state index in [1.165, 1.54) is 6.26 Å². The van der Waals surface area contributed by atoms with Gasteiger partial charge in [-0.25, -0.2) is 8.42 Å². The van der Waals surface area contributed by atoms with Crippen LogP contribution in [-0.2, 0) is 21.2 Å². The van der Waals surface area contributed by atoms with Crippen molar-refractivity contribution in [3.05, 3.63) is 47.5 Å². The Kier molecular flexibility index (Phi) is 7.85. The van der Waals surface area contributed by atoms with Gasteiger partial charge in [-0.1, -0.05) is 57.2 Å². The lowest BCUT2D eigenvalue weighted by Gasteiger charge is -2.30. The fourth-order valence-electron chi connectivity index (χ4n) is 2.31. The summed E-state index contributed by atoms with van der Waals surface area (Å²) in [6.07, 6.45) is 2.49. The Morgan fingerprint density at radius 1 is 1.24 bits per heavy atom. The van der Waals surface area contributed by atoms with Crippen molar-refractivity contribution >= 4 is 9.84 Å². The second kappa shape index (κ2) is 8.97. The number of hydrogen-bond donors (Lipinski definition) is 1. The first kappa shape index (κ1) is 21.9. The van der Waals surface area contributed by atoms with Crippen LogP contribution in [0.4, 0.5) is 0 Å². The minimum Gasteiger partial charge on any atom is -0.392 e. The normalized spacial score (nSPS) is 17.2. The van der Waals surface area contributed by atoms with Crippen LogP contribution in [-0.4, -0.2) is 37.2 Å². The molecule has 4 nitrogen and oxygen atoms in total. The van der Waals surface area contributed by atoms with Crippen LogP contribution in [0.1, 0.15) is 46.6 Å². The van der Waals surface area contributed by atoms with Gasteiger partial charge in [-0.3, -0.25) is 0 Å². The van der Waals surface area contributed by atoms with Crippen molar-refractivity contribution in [2.75, 3.05) is 6.26 Å². The molecule has 1 N–H and O–H groups in total. The number of rotatable bonds is 8. The van der Waals surface area contributed by atoms with E-state index in [-0.39, 0.29) is 11.5 Å². The summed E-state index contributed by atoms with van der Waals surface area (Å²) in [6.45, 7) is 9.87. The van der Waals surface area contributed by atoms with Crippen LogP contribution >= 0.6 is 0 Å². The summed E-state index contributed by atoms with van der Waals surface area (Å²) in [5.74, 6) is 0. The van der Waals surface area contributed by atoms with E-state index in [1.54, 1.807) is 13.0 Å². The topological polar surface area (TPSA) is 63.6 Å². The summed E-state index contributed by atoms with van der Waals surface area (Å²) in [6, 6.07) is 9.81. The van der Waals surface area contributed by atoms with E-state index in [4.69, 9.17) is 4.74 Å². The summed E-state index contributed by atoms with van der Waals surface area (Å²) in [7, 11) is -3.15. The van der Waals surface area contributed by atoms with Gasteiger partial charge in [0.2, 0.25) is 0 Å². The Morgan fingerprint density at radius 2 is 1.80 bits per heavy atom. The second-order valence-electron chi connectivity index (χ2n) is 7.85. The molecule has 0 aliphatic heterocycles. The molecular weight excluding hydrogens is 336 g/mol. The zero-order valence-electron chi connectivity index (χ0n) is 16.2. The molecule has 0 radical (unpaired) electrons. The highest BCUT2D eigenvalue weighted by Gasteiger charge is 2.27. The van der Waals surface area contributed by atoms with Gasteiger partial charge in [-0.15, -0.1) is 0 Å². The molecule has 0 aromatic heterocycles. The lowest BCUT2D eigenvalue weighted by Crippen LogP contribution is -2.32. The monoisotopic (exact) mass is 368 g/mol. The number of ether oxygens (including phenoxy) is 1. The fraction of sp³-hybridized carbons (Fsp3) is 0.600. The van der Waals surface area contributed by atoms with E-state index in [1.807, 2.05) is 58.0 Å². The van der Waals surface area contributed by atoms with E-state index in [2.05, 4.69) is 0 Å². The van der Waals surface area contributed by atoms with Crippen LogP contribution in [0, 0.1) is 5.41 Å². The summed E-state index contributed by atoms with van der Waals surface area (Å²) >= 11 is 0. The van der Waals surface area contributed by atoms with Gasteiger partial charge in [0.15, 0.2) is 9.84 Å². The average molecular weight is 369 g/mol. The summed E-state index contributed by atoms with van der Waals surface area (Å²) in [5, 5.41) is 9.89. The molecule has 3 atom stereocenters. The van der Waals surface area contributed by atoms with Gasteiger partial charge < -0.3 is 9.84 Å². The van der Waals surface area contributed by atoms with Gasteiger partial charge in [0.25, 0.3) is 0 Å². The molecule has 0 heterocycles. The number of sulfone groups is 1. The van der Waals surface area contributed by atoms with Crippen molar-refractivity contribution in [3.8, 4) is 0 Å². The molecule has 5 heteroatoms. The minimum atomic E-state index is -3.15. The Balaban J connectivity index is 2.95. The third-order valence-corrected chi connectivity index (χ3v) is 5.90. The van der Waals surface area contributed by atoms with Crippen molar-refractivity contribution in [1.29, 1.82) is 0 Å². The van der Waals surface area contributed by atoms with Crippen LogP contribution in [0.25, 0.3) is 0 Å². The Bertz CT molecular complexity index is 657. The number of hydrogen-bond acceptors (Lipinski definition) is 4. The van der Waals surface area contributed by atoms with Crippen LogP contribution in [0.15, 0.2) is 42.0 Å². The van der Waals surface area contributed by atoms with Crippen molar-refractivity contribution in [1.82, 2.24) is 0 Å². The molecule has 1 rings (SSSR count). The summed E-state index contributed by atoms with van der Waals surface area (Å²) < 4.78 is 29.5. The van der Waals surface area contributed by atoms with Crippen LogP contribution in [0.2, 0.25) is 0 Å². The SMILES string of the molecule is C/C(=C\[C@H](C)S(C)(=O)=O)[C@H](C[C@H](O)C(C)(C)C)OCc1ccccc1. The molecule has 0 saturated heterocycles. The maximum Gasteiger partial charge on any atom is 0.153 e. The van der Waals surface area contributed by atoms with Crippen molar-refractivity contribution in [2.24, 2.45) is 5.41 Å². The fourth-order valence-corrected chi connectivity index (χ4v) is 2.78. The van der Waals surface area contributed by atoms with E-state index in [0.29, 0.717) is 13.0 Å². The molecule has 0 fully saturated rings. The molecule has 0 bridgehead atoms. The molecule has 0 aliphatic carbocycles. The predicted molar refractivity (Wildman–Crippen MR) is 103 cm³/mol. The van der Waals surface area contributed by atoms with E-state index < -0.39 is 21.2 Å². The second-order valence-corrected chi connectivity index (χ2v) is 10.3. The van der Waals surface area contributed by atoms with E-state index >= 15 is 0 Å². The van der Waals surface area contributed by atoms with Gasteiger partial charge in [-0.05, 0) is 30.4 Å². The Morgan fingerprint density at radius 3 is 2.28 bits per heavy atom. The molecule has 1 aromatic carbocycles. The van der Waals surface area contributed by atoms with Crippen LogP contribution < -0.4 is 0 Å². The Hall–Kier alpha value is -1.17. The predicted octanol–water partition coefficient (Wildman–Crippen LogP) is 3.75. The zero-order valence-corrected chi connectivity index (χ0v) is 17.0. The highest BCUT2D eigenvalue weighted by molar-refractivity contribution is 7.91. The molecule has 0 amide bonds. The quantitative estimate of drug-likeness (QED) is 0.710. The molecule has 1 aromatic rings. The summed E-state index contributed by atoms with van der Waals surface area (Å²) in [4.78, 5) is 0. The van der Waals surface area contributed by atoms with Gasteiger partial charge in [0.05, 0.1) is 24.1 Å². The van der Waals surface area contributed by atoms with Gasteiger partial charge >= 0.3 is 0 Å². The molecule has 0 unspecified atom stereocenters. The molecule has 0 spiro atoms. The van der Waals surface area contributed by atoms with Crippen LogP contribution in [0.5, 0.6) is 0 Å². The average Bonchev–Trinajstić information content (AvgIpc) is 2.50. The maximum absolute atomic E-state index is 11.7. The molecule has 25 heavy (non-hydrogen) atoms. The van der Waals surface area contributed by atoms with Crippen molar-refractivity contribution < 1.29 is 18.3 Å². The number of aliphatic hydroxyl groups excluding tert-OH is 1. The first-order chi connectivity index (χ1) is 11.4. The third kappa shape index (κ3) is 7.72. The first-order valence-corrected chi connectivity index (χ1v) is 10.6. The maximum atomic E-state index is 11.7. The first-order valence-electron chi connectivity index (χ1n) is 8.62. The summed E-state index contributed by atoms with van der Waals surface area (Å²) in [5.41, 5.74) is 1.61. The third-order valence-electron chi connectivity index (χ3n) is 4.41. The van der Waals surface area contributed by atoms with Gasteiger partial charge in [0, 0.05) is 12.7 Å².